The van der Waals surface area contributed by atoms with E-state index in [1.807, 2.05) is 6.92 Å². The first-order valence-electron chi connectivity index (χ1n) is 13.1. The highest BCUT2D eigenvalue weighted by atomic mass is 19.2. The zero-order valence-corrected chi connectivity index (χ0v) is 20.2. The van der Waals surface area contributed by atoms with E-state index in [4.69, 9.17) is 4.74 Å². The molecule has 32 heavy (non-hydrogen) atoms. The van der Waals surface area contributed by atoms with Crippen LogP contribution in [-0.4, -0.2) is 6.61 Å². The Bertz CT molecular complexity index is 759. The molecule has 0 saturated heterocycles. The summed E-state index contributed by atoms with van der Waals surface area (Å²) in [7, 11) is 0. The summed E-state index contributed by atoms with van der Waals surface area (Å²) < 4.78 is 34.4. The van der Waals surface area contributed by atoms with Gasteiger partial charge < -0.3 is 4.74 Å². The average Bonchev–Trinajstić information content (AvgIpc) is 2.81. The highest BCUT2D eigenvalue weighted by molar-refractivity contribution is 5.67. The first-order chi connectivity index (χ1) is 15.6. The SMILES string of the molecule is CCCCOc1ccc(C2=CCC(C=CCCC3CCC(CCC)CC3)CC2)c(F)c1F. The Labute approximate surface area is 194 Å². The van der Waals surface area contributed by atoms with Crippen molar-refractivity contribution in [1.29, 1.82) is 0 Å². The van der Waals surface area contributed by atoms with Crippen LogP contribution in [0.3, 0.4) is 0 Å². The Balaban J connectivity index is 1.44. The van der Waals surface area contributed by atoms with E-state index in [0.717, 1.165) is 49.5 Å². The van der Waals surface area contributed by atoms with Gasteiger partial charge in [0.15, 0.2) is 11.6 Å². The Morgan fingerprint density at radius 2 is 1.69 bits per heavy atom. The normalized spacial score (nSPS) is 24.0. The van der Waals surface area contributed by atoms with E-state index in [0.29, 0.717) is 18.1 Å². The molecular weight excluding hydrogens is 402 g/mol. The maximum Gasteiger partial charge on any atom is 0.201 e. The Morgan fingerprint density at radius 3 is 2.34 bits per heavy atom. The lowest BCUT2D eigenvalue weighted by atomic mass is 9.78. The number of benzene rings is 1. The predicted octanol–water partition coefficient (Wildman–Crippen LogP) is 9.27. The largest absolute Gasteiger partial charge is 0.490 e. The van der Waals surface area contributed by atoms with Gasteiger partial charge in [0.2, 0.25) is 5.82 Å². The molecule has 2 aliphatic carbocycles. The molecule has 0 amide bonds. The lowest BCUT2D eigenvalue weighted by molar-refractivity contribution is 0.253. The third-order valence-electron chi connectivity index (χ3n) is 7.41. The fraction of sp³-hybridized carbons (Fsp3) is 0.655. The molecule has 0 heterocycles. The lowest BCUT2D eigenvalue weighted by Gasteiger charge is -2.28. The van der Waals surface area contributed by atoms with Crippen molar-refractivity contribution in [3.8, 4) is 5.75 Å². The van der Waals surface area contributed by atoms with E-state index in [1.165, 1.54) is 51.4 Å². The second-order valence-electron chi connectivity index (χ2n) is 9.89. The second-order valence-corrected chi connectivity index (χ2v) is 9.89. The van der Waals surface area contributed by atoms with E-state index in [1.54, 1.807) is 12.1 Å². The van der Waals surface area contributed by atoms with Crippen LogP contribution in [0.5, 0.6) is 5.75 Å². The van der Waals surface area contributed by atoms with Crippen molar-refractivity contribution >= 4 is 5.57 Å². The number of hydrogen-bond donors (Lipinski definition) is 0. The van der Waals surface area contributed by atoms with Crippen molar-refractivity contribution in [2.24, 2.45) is 17.8 Å². The molecule has 0 aliphatic heterocycles. The second kappa shape index (κ2) is 13.2. The standard InChI is InChI=1S/C29H42F2O/c1-3-5-21-32-27-20-19-26(28(30)29(27)31)25-17-15-24(16-18-25)10-7-6-9-23-13-11-22(8-4-2)12-14-23/h7,10,17,19-20,22-24H,3-6,8-9,11-16,18,21H2,1-2H3. The number of hydrogen-bond acceptors (Lipinski definition) is 1. The molecule has 1 saturated carbocycles. The van der Waals surface area contributed by atoms with Crippen molar-refractivity contribution in [1.82, 2.24) is 0 Å². The van der Waals surface area contributed by atoms with Gasteiger partial charge in [-0.2, -0.15) is 4.39 Å². The summed E-state index contributed by atoms with van der Waals surface area (Å²) in [4.78, 5) is 0. The topological polar surface area (TPSA) is 9.23 Å². The van der Waals surface area contributed by atoms with E-state index in [-0.39, 0.29) is 5.75 Å². The Hall–Kier alpha value is -1.64. The molecule has 1 atom stereocenters. The van der Waals surface area contributed by atoms with Crippen LogP contribution in [0.1, 0.15) is 103 Å². The molecule has 0 aromatic heterocycles. The number of ether oxygens (including phenoxy) is 1. The average molecular weight is 445 g/mol. The summed E-state index contributed by atoms with van der Waals surface area (Å²) in [6, 6.07) is 3.25. The van der Waals surface area contributed by atoms with Gasteiger partial charge in [0.05, 0.1) is 6.61 Å². The minimum absolute atomic E-state index is 0.0239. The highest BCUT2D eigenvalue weighted by Crippen LogP contribution is 2.36. The molecule has 0 bridgehead atoms. The summed E-state index contributed by atoms with van der Waals surface area (Å²) in [5.74, 6) is 0.813. The fourth-order valence-electron chi connectivity index (χ4n) is 5.33. The Morgan fingerprint density at radius 1 is 0.938 bits per heavy atom. The van der Waals surface area contributed by atoms with Crippen LogP contribution in [0.25, 0.3) is 5.57 Å². The molecule has 1 unspecified atom stereocenters. The first kappa shape index (κ1) is 25.0. The van der Waals surface area contributed by atoms with Crippen LogP contribution in [0.4, 0.5) is 8.78 Å². The zero-order chi connectivity index (χ0) is 22.8. The minimum Gasteiger partial charge on any atom is -0.490 e. The quantitative estimate of drug-likeness (QED) is 0.244. The van der Waals surface area contributed by atoms with Crippen LogP contribution in [0, 0.1) is 29.4 Å². The maximum absolute atomic E-state index is 14.6. The summed E-state index contributed by atoms with van der Waals surface area (Å²) >= 11 is 0. The molecule has 178 valence electrons. The van der Waals surface area contributed by atoms with Crippen LogP contribution in [-0.2, 0) is 0 Å². The van der Waals surface area contributed by atoms with Gasteiger partial charge in [0.1, 0.15) is 0 Å². The minimum atomic E-state index is -0.856. The summed E-state index contributed by atoms with van der Waals surface area (Å²) in [5, 5.41) is 0. The third-order valence-corrected chi connectivity index (χ3v) is 7.41. The van der Waals surface area contributed by atoms with Crippen molar-refractivity contribution in [3.05, 3.63) is 47.6 Å². The molecule has 1 aromatic rings. The van der Waals surface area contributed by atoms with Crippen LogP contribution < -0.4 is 4.74 Å². The predicted molar refractivity (Wildman–Crippen MR) is 131 cm³/mol. The van der Waals surface area contributed by atoms with Gasteiger partial charge in [-0.15, -0.1) is 0 Å². The van der Waals surface area contributed by atoms with Gasteiger partial charge in [-0.3, -0.25) is 0 Å². The fourth-order valence-corrected chi connectivity index (χ4v) is 5.33. The number of halogens is 2. The Kier molecular flexibility index (Phi) is 10.3. The van der Waals surface area contributed by atoms with Crippen molar-refractivity contribution < 1.29 is 13.5 Å². The van der Waals surface area contributed by atoms with Gasteiger partial charge in [-0.25, -0.2) is 4.39 Å². The molecular formula is C29H42F2O. The maximum atomic E-state index is 14.6. The van der Waals surface area contributed by atoms with Gasteiger partial charge in [-0.05, 0) is 74.0 Å². The molecule has 1 nitrogen and oxygen atoms in total. The zero-order valence-electron chi connectivity index (χ0n) is 20.2. The van der Waals surface area contributed by atoms with Crippen LogP contribution >= 0.6 is 0 Å². The molecule has 0 radical (unpaired) electrons. The molecule has 3 rings (SSSR count). The molecule has 0 N–H and O–H groups in total. The molecule has 3 heteroatoms. The van der Waals surface area contributed by atoms with Gasteiger partial charge in [0.25, 0.3) is 0 Å². The summed E-state index contributed by atoms with van der Waals surface area (Å²) in [5.41, 5.74) is 1.32. The van der Waals surface area contributed by atoms with E-state index in [9.17, 15) is 8.78 Å². The molecule has 0 spiro atoms. The summed E-state index contributed by atoms with van der Waals surface area (Å²) in [6.07, 6.45) is 22.3. The van der Waals surface area contributed by atoms with Crippen molar-refractivity contribution in [2.75, 3.05) is 6.61 Å². The lowest BCUT2D eigenvalue weighted by Crippen LogP contribution is -2.14. The first-order valence-corrected chi connectivity index (χ1v) is 13.1. The number of rotatable bonds is 11. The van der Waals surface area contributed by atoms with E-state index >= 15 is 0 Å². The van der Waals surface area contributed by atoms with Gasteiger partial charge >= 0.3 is 0 Å². The van der Waals surface area contributed by atoms with Crippen molar-refractivity contribution in [2.45, 2.75) is 97.3 Å². The molecule has 2 aliphatic rings. The number of allylic oxidation sites excluding steroid dienone is 4. The smallest absolute Gasteiger partial charge is 0.201 e. The van der Waals surface area contributed by atoms with E-state index in [2.05, 4.69) is 25.2 Å². The number of unbranched alkanes of at least 4 members (excludes halogenated alkanes) is 1. The van der Waals surface area contributed by atoms with Crippen LogP contribution in [0.2, 0.25) is 0 Å². The molecule has 1 aromatic carbocycles. The van der Waals surface area contributed by atoms with E-state index < -0.39 is 11.6 Å². The van der Waals surface area contributed by atoms with Crippen molar-refractivity contribution in [3.63, 3.8) is 0 Å². The van der Waals surface area contributed by atoms with Crippen LogP contribution in [0.15, 0.2) is 30.4 Å². The van der Waals surface area contributed by atoms with Gasteiger partial charge in [0, 0.05) is 5.56 Å². The van der Waals surface area contributed by atoms with Gasteiger partial charge in [-0.1, -0.05) is 77.0 Å². The summed E-state index contributed by atoms with van der Waals surface area (Å²) in [6.45, 7) is 4.76. The highest BCUT2D eigenvalue weighted by Gasteiger charge is 2.21. The third kappa shape index (κ3) is 7.18. The monoisotopic (exact) mass is 444 g/mol. The molecule has 1 fully saturated rings.